The van der Waals surface area contributed by atoms with Crippen molar-refractivity contribution in [3.8, 4) is 22.8 Å². The number of pyridine rings is 1. The van der Waals surface area contributed by atoms with Crippen LogP contribution in [0.1, 0.15) is 20.8 Å². The molecule has 180 valence electrons. The van der Waals surface area contributed by atoms with E-state index in [1.165, 1.54) is 56.8 Å². The quantitative estimate of drug-likeness (QED) is 0.484. The van der Waals surface area contributed by atoms with Crippen LogP contribution in [0.5, 0.6) is 11.5 Å². The number of hydrogen-bond acceptors (Lipinski definition) is 6. The van der Waals surface area contributed by atoms with Gasteiger partial charge in [-0.2, -0.15) is 0 Å². The highest BCUT2D eigenvalue weighted by Crippen LogP contribution is 2.37. The largest absolute Gasteiger partial charge is 0.573 e. The number of rotatable bonds is 6. The Bertz CT molecular complexity index is 1330. The van der Waals surface area contributed by atoms with Gasteiger partial charge in [0.2, 0.25) is 0 Å². The monoisotopic (exact) mass is 507 g/mol. The highest BCUT2D eigenvalue weighted by Gasteiger charge is 2.35. The summed E-state index contributed by atoms with van der Waals surface area (Å²) in [6.07, 6.45) is -2.33. The molecule has 2 heterocycles. The fraction of sp³-hybridized carbons (Fsp3) is 0.316. The Morgan fingerprint density at radius 2 is 1.82 bits per heavy atom. The lowest BCUT2D eigenvalue weighted by Gasteiger charge is -2.21. The van der Waals surface area contributed by atoms with Gasteiger partial charge in [-0.25, -0.2) is 17.6 Å². The van der Waals surface area contributed by atoms with Crippen molar-refractivity contribution in [2.24, 2.45) is 0 Å². The summed E-state index contributed by atoms with van der Waals surface area (Å²) in [4.78, 5) is 4.11. The minimum Gasteiger partial charge on any atom is -0.495 e. The van der Waals surface area contributed by atoms with Gasteiger partial charge in [-0.3, -0.25) is 13.7 Å². The normalized spacial score (nSPS) is 13.7. The average molecular weight is 508 g/mol. The highest BCUT2D eigenvalue weighted by atomic mass is 32.2. The molecular formula is C19H20F3N3O6S2. The molecule has 0 aliphatic carbocycles. The second-order valence-electron chi connectivity index (χ2n) is 7.80. The summed E-state index contributed by atoms with van der Waals surface area (Å²) in [5, 5.41) is 0. The first kappa shape index (κ1) is 24.8. The maximum atomic E-state index is 13.1. The van der Waals surface area contributed by atoms with Gasteiger partial charge in [0.25, 0.3) is 11.3 Å². The number of sulfone groups is 1. The molecule has 0 radical (unpaired) electrons. The third-order valence-electron chi connectivity index (χ3n) is 4.59. The molecule has 0 amide bonds. The molecule has 0 bridgehead atoms. The Morgan fingerprint density at radius 1 is 1.15 bits per heavy atom. The first-order chi connectivity index (χ1) is 15.1. The van der Waals surface area contributed by atoms with Crippen LogP contribution in [0.2, 0.25) is 0 Å². The number of imidazole rings is 1. The fourth-order valence-corrected chi connectivity index (χ4v) is 4.63. The van der Waals surface area contributed by atoms with E-state index in [1.807, 2.05) is 4.72 Å². The lowest BCUT2D eigenvalue weighted by atomic mass is 10.1. The Labute approximate surface area is 189 Å². The summed E-state index contributed by atoms with van der Waals surface area (Å²) in [5.41, 5.74) is 0.486. The molecule has 1 unspecified atom stereocenters. The van der Waals surface area contributed by atoms with Gasteiger partial charge in [-0.1, -0.05) is 0 Å². The van der Waals surface area contributed by atoms with E-state index in [-0.39, 0.29) is 16.2 Å². The van der Waals surface area contributed by atoms with Crippen molar-refractivity contribution < 1.29 is 39.8 Å². The number of halogens is 3. The maximum absolute atomic E-state index is 13.1. The molecule has 3 rings (SSSR count). The van der Waals surface area contributed by atoms with Crippen LogP contribution in [0.15, 0.2) is 41.6 Å². The zero-order valence-electron chi connectivity index (χ0n) is 17.8. The Hall–Kier alpha value is -2.84. The van der Waals surface area contributed by atoms with Gasteiger partial charge in [-0.05, 0) is 39.0 Å². The zero-order chi connectivity index (χ0) is 24.8. The average Bonchev–Trinajstić information content (AvgIpc) is 3.09. The van der Waals surface area contributed by atoms with Gasteiger partial charge in [0.05, 0.1) is 29.4 Å². The predicted molar refractivity (Wildman–Crippen MR) is 115 cm³/mol. The molecule has 1 aromatic carbocycles. The number of benzene rings is 1. The van der Waals surface area contributed by atoms with Crippen molar-refractivity contribution in [3.63, 3.8) is 0 Å². The summed E-state index contributed by atoms with van der Waals surface area (Å²) in [6, 6.07) is 4.82. The molecule has 2 aromatic heterocycles. The van der Waals surface area contributed by atoms with E-state index in [0.717, 1.165) is 12.1 Å². The van der Waals surface area contributed by atoms with Crippen molar-refractivity contribution in [1.82, 2.24) is 9.38 Å². The minimum atomic E-state index is -5.02. The third-order valence-corrected chi connectivity index (χ3v) is 7.48. The van der Waals surface area contributed by atoms with E-state index >= 15 is 0 Å². The first-order valence-electron chi connectivity index (χ1n) is 9.21. The van der Waals surface area contributed by atoms with E-state index in [1.54, 1.807) is 0 Å². The molecular weight excluding hydrogens is 487 g/mol. The number of methoxy groups -OCH3 is 1. The molecule has 9 nitrogen and oxygen atoms in total. The number of hydrogen-bond donors (Lipinski definition) is 2. The Balaban J connectivity index is 2.22. The first-order valence-corrected chi connectivity index (χ1v) is 11.8. The van der Waals surface area contributed by atoms with E-state index in [0.29, 0.717) is 11.3 Å². The van der Waals surface area contributed by atoms with Crippen LogP contribution in [0.4, 0.5) is 18.9 Å². The van der Waals surface area contributed by atoms with E-state index in [4.69, 9.17) is 9.29 Å². The van der Waals surface area contributed by atoms with Gasteiger partial charge in [0.15, 0.2) is 15.6 Å². The second kappa shape index (κ2) is 8.50. The number of aromatic nitrogens is 2. The standard InChI is InChI=1S/C19H20F3N3O6S2/c1-18(2,3)33(28,29)16-10-25-13(9-23-17(25)8-15(16)30-4)11-5-6-14(31-19(20,21)22)12(7-11)24-32(26)27/h5-10,24H,1-4H3,(H,26,27). The van der Waals surface area contributed by atoms with Crippen molar-refractivity contribution in [2.45, 2.75) is 36.8 Å². The van der Waals surface area contributed by atoms with Crippen LogP contribution in [0.3, 0.4) is 0 Å². The number of alkyl halides is 3. The van der Waals surface area contributed by atoms with Crippen molar-refractivity contribution in [2.75, 3.05) is 11.8 Å². The highest BCUT2D eigenvalue weighted by molar-refractivity contribution is 7.92. The van der Waals surface area contributed by atoms with Gasteiger partial charge in [-0.15, -0.1) is 13.2 Å². The maximum Gasteiger partial charge on any atom is 0.573 e. The van der Waals surface area contributed by atoms with E-state index in [2.05, 4.69) is 9.72 Å². The molecule has 14 heteroatoms. The van der Waals surface area contributed by atoms with Crippen LogP contribution in [0, 0.1) is 0 Å². The van der Waals surface area contributed by atoms with Gasteiger partial charge >= 0.3 is 6.36 Å². The SMILES string of the molecule is COc1cc2ncc(-c3ccc(OC(F)(F)F)c(NS(=O)O)c3)n2cc1S(=O)(=O)C(C)(C)C. The summed E-state index contributed by atoms with van der Waals surface area (Å²) in [7, 11) is -2.52. The van der Waals surface area contributed by atoms with Crippen LogP contribution in [-0.4, -0.2) is 44.8 Å². The molecule has 0 aliphatic rings. The van der Waals surface area contributed by atoms with Crippen LogP contribution < -0.4 is 14.2 Å². The van der Waals surface area contributed by atoms with Crippen molar-refractivity contribution in [1.29, 1.82) is 0 Å². The molecule has 2 N–H and O–H groups in total. The number of nitrogens with zero attached hydrogens (tertiary/aromatic N) is 2. The number of nitrogens with one attached hydrogen (secondary N) is 1. The molecule has 1 atom stereocenters. The van der Waals surface area contributed by atoms with Gasteiger partial charge in [0, 0.05) is 17.8 Å². The van der Waals surface area contributed by atoms with Crippen molar-refractivity contribution in [3.05, 3.63) is 36.7 Å². The topological polar surface area (TPSA) is 119 Å². The summed E-state index contributed by atoms with van der Waals surface area (Å²) >= 11 is -2.68. The lowest BCUT2D eigenvalue weighted by molar-refractivity contribution is -0.274. The van der Waals surface area contributed by atoms with Crippen molar-refractivity contribution >= 4 is 32.4 Å². The molecule has 3 aromatic rings. The second-order valence-corrected chi connectivity index (χ2v) is 11.2. The van der Waals surface area contributed by atoms with Gasteiger partial charge < -0.3 is 9.47 Å². The van der Waals surface area contributed by atoms with E-state index in [9.17, 15) is 25.8 Å². The minimum absolute atomic E-state index is 0.0848. The number of ether oxygens (including phenoxy) is 2. The summed E-state index contributed by atoms with van der Waals surface area (Å²) in [5.74, 6) is -0.637. The fourth-order valence-electron chi connectivity index (χ4n) is 2.97. The summed E-state index contributed by atoms with van der Waals surface area (Å²) < 4.78 is 96.0. The van der Waals surface area contributed by atoms with E-state index < -0.39 is 43.7 Å². The smallest absolute Gasteiger partial charge is 0.495 e. The Kier molecular flexibility index (Phi) is 6.39. The summed E-state index contributed by atoms with van der Waals surface area (Å²) in [6.45, 7) is 4.60. The lowest BCUT2D eigenvalue weighted by Crippen LogP contribution is -2.28. The molecule has 0 fully saturated rings. The van der Waals surface area contributed by atoms with Crippen LogP contribution >= 0.6 is 0 Å². The Morgan fingerprint density at radius 3 is 2.36 bits per heavy atom. The molecule has 0 saturated carbocycles. The van der Waals surface area contributed by atoms with Gasteiger partial charge in [0.1, 0.15) is 16.3 Å². The molecule has 33 heavy (non-hydrogen) atoms. The van der Waals surface area contributed by atoms with Crippen LogP contribution in [-0.2, 0) is 21.1 Å². The predicted octanol–water partition coefficient (Wildman–Crippen LogP) is 4.03. The van der Waals surface area contributed by atoms with Crippen LogP contribution in [0.25, 0.3) is 16.9 Å². The molecule has 0 spiro atoms. The third kappa shape index (κ3) is 5.07. The number of fused-ring (bicyclic) bond motifs is 1. The molecule has 0 aliphatic heterocycles. The number of anilines is 1. The zero-order valence-corrected chi connectivity index (χ0v) is 19.4. The molecule has 0 saturated heterocycles.